The Bertz CT molecular complexity index is 493. The molecule has 0 bridgehead atoms. The van der Waals surface area contributed by atoms with E-state index in [4.69, 9.17) is 18.9 Å². The zero-order chi connectivity index (χ0) is 13.3. The van der Waals surface area contributed by atoms with Crippen LogP contribution in [0.4, 0.5) is 0 Å². The molecule has 2 rings (SSSR count). The van der Waals surface area contributed by atoms with Gasteiger partial charge in [-0.25, -0.2) is 0 Å². The van der Waals surface area contributed by atoms with Crippen molar-refractivity contribution < 1.29 is 18.9 Å². The molecule has 4 nitrogen and oxygen atoms in total. The Morgan fingerprint density at radius 3 is 2.22 bits per heavy atom. The molecule has 0 spiro atoms. The molecule has 0 radical (unpaired) electrons. The standard InChI is InChI=1S/C14H18O4/c1-9-6-10-7-12(15-3)13(16-4)8-11(10)14(2,17-5)18-9/h6-8H,1-5H3. The van der Waals surface area contributed by atoms with Crippen molar-refractivity contribution in [3.63, 3.8) is 0 Å². The Labute approximate surface area is 107 Å². The first-order valence-corrected chi connectivity index (χ1v) is 5.73. The average molecular weight is 250 g/mol. The summed E-state index contributed by atoms with van der Waals surface area (Å²) in [5.74, 6) is 1.36. The van der Waals surface area contributed by atoms with Crippen LogP contribution in [0, 0.1) is 0 Å². The molecule has 1 aromatic carbocycles. The molecule has 1 aromatic rings. The van der Waals surface area contributed by atoms with Crippen LogP contribution >= 0.6 is 0 Å². The van der Waals surface area contributed by atoms with Gasteiger partial charge in [0.15, 0.2) is 11.5 Å². The predicted octanol–water partition coefficient (Wildman–Crippen LogP) is 2.91. The van der Waals surface area contributed by atoms with Crippen molar-refractivity contribution in [3.05, 3.63) is 29.0 Å². The number of methoxy groups -OCH3 is 3. The smallest absolute Gasteiger partial charge is 0.234 e. The van der Waals surface area contributed by atoms with Crippen molar-refractivity contribution in [2.75, 3.05) is 21.3 Å². The number of hydrogen-bond donors (Lipinski definition) is 0. The summed E-state index contributed by atoms with van der Waals surface area (Å²) in [6, 6.07) is 3.82. The molecule has 98 valence electrons. The fourth-order valence-electron chi connectivity index (χ4n) is 2.17. The minimum Gasteiger partial charge on any atom is -0.493 e. The molecule has 1 atom stereocenters. The Hall–Kier alpha value is -1.68. The van der Waals surface area contributed by atoms with E-state index in [1.54, 1.807) is 21.3 Å². The van der Waals surface area contributed by atoms with Crippen molar-refractivity contribution in [2.24, 2.45) is 0 Å². The number of fused-ring (bicyclic) bond motifs is 1. The molecule has 18 heavy (non-hydrogen) atoms. The summed E-state index contributed by atoms with van der Waals surface area (Å²) in [5, 5.41) is 0. The zero-order valence-corrected chi connectivity index (χ0v) is 11.4. The molecule has 1 aliphatic rings. The first-order valence-electron chi connectivity index (χ1n) is 5.73. The molecule has 0 amide bonds. The molecule has 0 aliphatic carbocycles. The van der Waals surface area contributed by atoms with Crippen LogP contribution in [-0.2, 0) is 15.3 Å². The summed E-state index contributed by atoms with van der Waals surface area (Å²) in [6.45, 7) is 3.78. The lowest BCUT2D eigenvalue weighted by atomic mass is 9.96. The van der Waals surface area contributed by atoms with Crippen LogP contribution < -0.4 is 9.47 Å². The van der Waals surface area contributed by atoms with Crippen LogP contribution in [0.25, 0.3) is 6.08 Å². The molecule has 0 aromatic heterocycles. The molecular weight excluding hydrogens is 232 g/mol. The van der Waals surface area contributed by atoms with Crippen LogP contribution in [0.15, 0.2) is 17.9 Å². The zero-order valence-electron chi connectivity index (χ0n) is 11.4. The van der Waals surface area contributed by atoms with E-state index in [2.05, 4.69) is 0 Å². The van der Waals surface area contributed by atoms with Gasteiger partial charge in [-0.15, -0.1) is 0 Å². The maximum absolute atomic E-state index is 5.76. The van der Waals surface area contributed by atoms with E-state index < -0.39 is 5.79 Å². The Balaban J connectivity index is 2.64. The summed E-state index contributed by atoms with van der Waals surface area (Å²) in [6.07, 6.45) is 1.96. The van der Waals surface area contributed by atoms with E-state index in [9.17, 15) is 0 Å². The summed E-state index contributed by atoms with van der Waals surface area (Å²) in [4.78, 5) is 0. The van der Waals surface area contributed by atoms with Crippen LogP contribution in [0.5, 0.6) is 11.5 Å². The number of ether oxygens (including phenoxy) is 4. The molecule has 4 heteroatoms. The van der Waals surface area contributed by atoms with E-state index in [0.717, 1.165) is 16.9 Å². The van der Waals surface area contributed by atoms with Crippen molar-refractivity contribution in [1.82, 2.24) is 0 Å². The molecule has 0 saturated heterocycles. The lowest BCUT2D eigenvalue weighted by Gasteiger charge is -2.34. The molecule has 0 N–H and O–H groups in total. The molecule has 1 heterocycles. The maximum Gasteiger partial charge on any atom is 0.234 e. The number of benzene rings is 1. The number of hydrogen-bond acceptors (Lipinski definition) is 4. The van der Waals surface area contributed by atoms with Gasteiger partial charge in [0.2, 0.25) is 5.79 Å². The van der Waals surface area contributed by atoms with Crippen LogP contribution in [0.3, 0.4) is 0 Å². The third-order valence-corrected chi connectivity index (χ3v) is 3.15. The summed E-state index contributed by atoms with van der Waals surface area (Å²) in [5.41, 5.74) is 1.94. The van der Waals surface area contributed by atoms with Gasteiger partial charge in [-0.1, -0.05) is 0 Å². The second-order valence-corrected chi connectivity index (χ2v) is 4.30. The molecule has 1 aliphatic heterocycles. The SMILES string of the molecule is COc1cc2c(cc1OC)C(C)(OC)OC(C)=C2. The highest BCUT2D eigenvalue weighted by Crippen LogP contribution is 2.42. The summed E-state index contributed by atoms with van der Waals surface area (Å²) >= 11 is 0. The second kappa shape index (κ2) is 4.53. The van der Waals surface area contributed by atoms with E-state index in [0.29, 0.717) is 11.5 Å². The fourth-order valence-corrected chi connectivity index (χ4v) is 2.17. The Morgan fingerprint density at radius 1 is 1.06 bits per heavy atom. The number of allylic oxidation sites excluding steroid dienone is 1. The average Bonchev–Trinajstić information content (AvgIpc) is 2.37. The third-order valence-electron chi connectivity index (χ3n) is 3.15. The maximum atomic E-state index is 5.76. The van der Waals surface area contributed by atoms with E-state index in [-0.39, 0.29) is 0 Å². The van der Waals surface area contributed by atoms with Gasteiger partial charge in [0.25, 0.3) is 0 Å². The highest BCUT2D eigenvalue weighted by Gasteiger charge is 2.35. The van der Waals surface area contributed by atoms with Crippen molar-refractivity contribution in [3.8, 4) is 11.5 Å². The first kappa shape index (κ1) is 12.8. The van der Waals surface area contributed by atoms with E-state index in [1.165, 1.54) is 0 Å². The highest BCUT2D eigenvalue weighted by molar-refractivity contribution is 5.64. The largest absolute Gasteiger partial charge is 0.493 e. The number of rotatable bonds is 3. The monoisotopic (exact) mass is 250 g/mol. The van der Waals surface area contributed by atoms with Gasteiger partial charge in [0, 0.05) is 19.6 Å². The summed E-state index contributed by atoms with van der Waals surface area (Å²) in [7, 11) is 4.86. The fraction of sp³-hybridized carbons (Fsp3) is 0.429. The van der Waals surface area contributed by atoms with E-state index >= 15 is 0 Å². The molecular formula is C14H18O4. The van der Waals surface area contributed by atoms with Gasteiger partial charge in [0.05, 0.1) is 20.0 Å². The minimum absolute atomic E-state index is 0.663. The van der Waals surface area contributed by atoms with Gasteiger partial charge in [-0.2, -0.15) is 0 Å². The lowest BCUT2D eigenvalue weighted by molar-refractivity contribution is -0.195. The molecule has 0 saturated carbocycles. The van der Waals surface area contributed by atoms with E-state index in [1.807, 2.05) is 32.1 Å². The Morgan fingerprint density at radius 2 is 1.67 bits per heavy atom. The summed E-state index contributed by atoms with van der Waals surface area (Å²) < 4.78 is 21.9. The van der Waals surface area contributed by atoms with Crippen molar-refractivity contribution in [1.29, 1.82) is 0 Å². The van der Waals surface area contributed by atoms with Crippen molar-refractivity contribution in [2.45, 2.75) is 19.6 Å². The predicted molar refractivity (Wildman–Crippen MR) is 68.6 cm³/mol. The van der Waals surface area contributed by atoms with Crippen molar-refractivity contribution >= 4 is 6.08 Å². The second-order valence-electron chi connectivity index (χ2n) is 4.30. The topological polar surface area (TPSA) is 36.9 Å². The van der Waals surface area contributed by atoms with Gasteiger partial charge >= 0.3 is 0 Å². The van der Waals surface area contributed by atoms with Crippen LogP contribution in [-0.4, -0.2) is 21.3 Å². The van der Waals surface area contributed by atoms with Crippen LogP contribution in [0.2, 0.25) is 0 Å². The lowest BCUT2D eigenvalue weighted by Crippen LogP contribution is -2.30. The molecule has 1 unspecified atom stereocenters. The Kier molecular flexibility index (Phi) is 3.22. The van der Waals surface area contributed by atoms with Gasteiger partial charge in [-0.3, -0.25) is 0 Å². The normalized spacial score (nSPS) is 21.7. The minimum atomic E-state index is -0.798. The quantitative estimate of drug-likeness (QED) is 0.826. The highest BCUT2D eigenvalue weighted by atomic mass is 16.7. The van der Waals surface area contributed by atoms with Gasteiger partial charge < -0.3 is 18.9 Å². The van der Waals surface area contributed by atoms with Gasteiger partial charge in [-0.05, 0) is 30.7 Å². The van der Waals surface area contributed by atoms with Gasteiger partial charge in [0.1, 0.15) is 0 Å². The first-order chi connectivity index (χ1) is 8.54. The molecule has 0 fully saturated rings. The third kappa shape index (κ3) is 1.93. The van der Waals surface area contributed by atoms with Crippen LogP contribution in [0.1, 0.15) is 25.0 Å².